The number of hydrogen-bond acceptors (Lipinski definition) is 3. The van der Waals surface area contributed by atoms with Crippen LogP contribution in [0.2, 0.25) is 0 Å². The predicted octanol–water partition coefficient (Wildman–Crippen LogP) is 3.05. The van der Waals surface area contributed by atoms with Crippen molar-refractivity contribution in [3.63, 3.8) is 0 Å². The molecule has 1 aromatic carbocycles. The number of carboxylic acids is 1. The van der Waals surface area contributed by atoms with Gasteiger partial charge in [-0.2, -0.15) is 0 Å². The number of aliphatic hydroxyl groups excluding tert-OH is 1. The Kier molecular flexibility index (Phi) is 4.32. The Balaban J connectivity index is 2.71. The van der Waals surface area contributed by atoms with Crippen molar-refractivity contribution in [3.8, 4) is 0 Å². The molecule has 2 aromatic rings. The van der Waals surface area contributed by atoms with Crippen LogP contribution in [-0.2, 0) is 0 Å². The molecule has 0 saturated heterocycles. The van der Waals surface area contributed by atoms with E-state index in [1.54, 1.807) is 18.2 Å². The first kappa shape index (κ1) is 15.5. The molecule has 0 aliphatic rings. The first-order valence-corrected chi connectivity index (χ1v) is 7.22. The number of fused-ring (bicyclic) bond motifs is 1. The van der Waals surface area contributed by atoms with Crippen LogP contribution >= 0.6 is 0 Å². The van der Waals surface area contributed by atoms with E-state index in [1.807, 2.05) is 13.8 Å². The van der Waals surface area contributed by atoms with Crippen LogP contribution in [0.5, 0.6) is 0 Å². The lowest BCUT2D eigenvalue weighted by atomic mass is 10.0. The van der Waals surface area contributed by atoms with Gasteiger partial charge in [0.25, 0.3) is 0 Å². The van der Waals surface area contributed by atoms with Crippen molar-refractivity contribution in [1.29, 1.82) is 0 Å². The lowest BCUT2D eigenvalue weighted by molar-refractivity contribution is 0.0697. The van der Waals surface area contributed by atoms with Gasteiger partial charge >= 0.3 is 5.97 Å². The zero-order valence-corrected chi connectivity index (χ0v) is 12.9. The van der Waals surface area contributed by atoms with Crippen LogP contribution in [0, 0.1) is 5.92 Å². The number of hydrogen-bond donors (Lipinski definition) is 2. The molecule has 5 heteroatoms. The molecular weight excluding hydrogens is 268 g/mol. The lowest BCUT2D eigenvalue weighted by Gasteiger charge is -2.24. The maximum Gasteiger partial charge on any atom is 0.335 e. The highest BCUT2D eigenvalue weighted by Gasteiger charge is 2.23. The van der Waals surface area contributed by atoms with E-state index >= 15 is 0 Å². The van der Waals surface area contributed by atoms with Gasteiger partial charge in [-0.15, -0.1) is 0 Å². The minimum Gasteiger partial charge on any atom is -0.478 e. The van der Waals surface area contributed by atoms with Gasteiger partial charge in [0.15, 0.2) is 0 Å². The highest BCUT2D eigenvalue weighted by molar-refractivity contribution is 5.92. The number of aliphatic hydroxyl groups is 1. The fraction of sp³-hybridized carbons (Fsp3) is 0.500. The standard InChI is InChI=1S/C16H22N2O3/c1-9(2)14(8-19)18-13-6-5-11(16(20)21)7-12(13)17-15(18)10(3)4/h5-7,9-10,14,19H,8H2,1-4H3,(H,20,21)/t14-/m0/s1. The third-order valence-corrected chi connectivity index (χ3v) is 3.77. The van der Waals surface area contributed by atoms with Crippen LogP contribution in [0.3, 0.4) is 0 Å². The fourth-order valence-electron chi connectivity index (χ4n) is 2.60. The Labute approximate surface area is 124 Å². The van der Waals surface area contributed by atoms with E-state index in [1.165, 1.54) is 0 Å². The number of carboxylic acid groups (broad SMARTS) is 1. The molecule has 0 fully saturated rings. The molecule has 0 amide bonds. The van der Waals surface area contributed by atoms with Crippen molar-refractivity contribution in [3.05, 3.63) is 29.6 Å². The summed E-state index contributed by atoms with van der Waals surface area (Å²) in [6, 6.07) is 4.89. The first-order valence-electron chi connectivity index (χ1n) is 7.22. The lowest BCUT2D eigenvalue weighted by Crippen LogP contribution is -2.21. The Hall–Kier alpha value is -1.88. The molecular formula is C16H22N2O3. The van der Waals surface area contributed by atoms with Gasteiger partial charge in [0.2, 0.25) is 0 Å². The topological polar surface area (TPSA) is 75.3 Å². The van der Waals surface area contributed by atoms with Crippen LogP contribution in [0.25, 0.3) is 11.0 Å². The summed E-state index contributed by atoms with van der Waals surface area (Å²) in [5.41, 5.74) is 1.77. The second-order valence-corrected chi connectivity index (χ2v) is 6.00. The molecule has 0 aliphatic carbocycles. The van der Waals surface area contributed by atoms with Crippen molar-refractivity contribution >= 4 is 17.0 Å². The minimum absolute atomic E-state index is 0.0313. The first-order chi connectivity index (χ1) is 9.86. The molecule has 1 atom stereocenters. The Bertz CT molecular complexity index is 659. The van der Waals surface area contributed by atoms with Gasteiger partial charge in [0, 0.05) is 5.92 Å². The van der Waals surface area contributed by atoms with Crippen molar-refractivity contribution in [2.45, 2.75) is 39.7 Å². The van der Waals surface area contributed by atoms with E-state index in [9.17, 15) is 9.90 Å². The Morgan fingerprint density at radius 2 is 1.95 bits per heavy atom. The van der Waals surface area contributed by atoms with Crippen molar-refractivity contribution in [2.75, 3.05) is 6.61 Å². The van der Waals surface area contributed by atoms with Crippen LogP contribution in [0.15, 0.2) is 18.2 Å². The number of aromatic carboxylic acids is 1. The number of carbonyl (C=O) groups is 1. The molecule has 2 rings (SSSR count). The number of nitrogens with zero attached hydrogens (tertiary/aromatic N) is 2. The summed E-state index contributed by atoms with van der Waals surface area (Å²) in [4.78, 5) is 15.7. The summed E-state index contributed by atoms with van der Waals surface area (Å²) in [6.45, 7) is 8.24. The molecule has 0 spiro atoms. The molecule has 1 aromatic heterocycles. The molecule has 0 saturated carbocycles. The van der Waals surface area contributed by atoms with E-state index in [0.717, 1.165) is 11.3 Å². The van der Waals surface area contributed by atoms with Gasteiger partial charge in [-0.3, -0.25) is 0 Å². The van der Waals surface area contributed by atoms with Crippen LogP contribution in [-0.4, -0.2) is 32.3 Å². The zero-order valence-electron chi connectivity index (χ0n) is 12.9. The van der Waals surface area contributed by atoms with Gasteiger partial charge in [-0.05, 0) is 24.1 Å². The van der Waals surface area contributed by atoms with Crippen molar-refractivity contribution in [1.82, 2.24) is 9.55 Å². The average Bonchev–Trinajstić information content (AvgIpc) is 2.78. The molecule has 0 aliphatic heterocycles. The zero-order chi connectivity index (χ0) is 15.7. The Morgan fingerprint density at radius 1 is 1.29 bits per heavy atom. The summed E-state index contributed by atoms with van der Waals surface area (Å²) < 4.78 is 2.05. The summed E-state index contributed by atoms with van der Waals surface area (Å²) in [6.07, 6.45) is 0. The average molecular weight is 290 g/mol. The molecule has 114 valence electrons. The molecule has 0 bridgehead atoms. The smallest absolute Gasteiger partial charge is 0.335 e. The molecule has 2 N–H and O–H groups in total. The number of aromatic nitrogens is 2. The van der Waals surface area contributed by atoms with E-state index in [2.05, 4.69) is 23.4 Å². The second kappa shape index (κ2) is 5.85. The van der Waals surface area contributed by atoms with Gasteiger partial charge < -0.3 is 14.8 Å². The summed E-state index contributed by atoms with van der Waals surface area (Å²) in [5, 5.41) is 18.8. The van der Waals surface area contributed by atoms with Gasteiger partial charge in [0.1, 0.15) is 5.82 Å². The maximum absolute atomic E-state index is 11.1. The predicted molar refractivity (Wildman–Crippen MR) is 81.7 cm³/mol. The highest BCUT2D eigenvalue weighted by Crippen LogP contribution is 2.30. The third kappa shape index (κ3) is 2.78. The normalized spacial score (nSPS) is 13.3. The van der Waals surface area contributed by atoms with E-state index in [0.29, 0.717) is 5.52 Å². The van der Waals surface area contributed by atoms with Crippen LogP contribution in [0.1, 0.15) is 55.8 Å². The number of benzene rings is 1. The van der Waals surface area contributed by atoms with Crippen LogP contribution < -0.4 is 0 Å². The highest BCUT2D eigenvalue weighted by atomic mass is 16.4. The number of rotatable bonds is 5. The number of imidazole rings is 1. The molecule has 0 unspecified atom stereocenters. The monoisotopic (exact) mass is 290 g/mol. The quantitative estimate of drug-likeness (QED) is 0.887. The third-order valence-electron chi connectivity index (χ3n) is 3.77. The van der Waals surface area contributed by atoms with E-state index in [4.69, 9.17) is 5.11 Å². The van der Waals surface area contributed by atoms with Gasteiger partial charge in [-0.1, -0.05) is 27.7 Å². The molecule has 5 nitrogen and oxygen atoms in total. The molecule has 0 radical (unpaired) electrons. The minimum atomic E-state index is -0.958. The van der Waals surface area contributed by atoms with E-state index in [-0.39, 0.29) is 30.0 Å². The second-order valence-electron chi connectivity index (χ2n) is 6.00. The molecule has 1 heterocycles. The molecule has 21 heavy (non-hydrogen) atoms. The van der Waals surface area contributed by atoms with Gasteiger partial charge in [0.05, 0.1) is 29.2 Å². The van der Waals surface area contributed by atoms with Gasteiger partial charge in [-0.25, -0.2) is 9.78 Å². The Morgan fingerprint density at radius 3 is 2.43 bits per heavy atom. The summed E-state index contributed by atoms with van der Waals surface area (Å²) >= 11 is 0. The maximum atomic E-state index is 11.1. The SMILES string of the molecule is CC(C)c1nc2cc(C(=O)O)ccc2n1[C@@H](CO)C(C)C. The fourth-order valence-corrected chi connectivity index (χ4v) is 2.60. The van der Waals surface area contributed by atoms with Crippen LogP contribution in [0.4, 0.5) is 0 Å². The summed E-state index contributed by atoms with van der Waals surface area (Å²) in [7, 11) is 0. The summed E-state index contributed by atoms with van der Waals surface area (Å²) in [5.74, 6) is 0.364. The van der Waals surface area contributed by atoms with Crippen molar-refractivity contribution in [2.24, 2.45) is 5.92 Å². The largest absolute Gasteiger partial charge is 0.478 e. The van der Waals surface area contributed by atoms with E-state index < -0.39 is 5.97 Å². The van der Waals surface area contributed by atoms with Crippen molar-refractivity contribution < 1.29 is 15.0 Å².